The maximum absolute atomic E-state index is 12.9. The van der Waals surface area contributed by atoms with Gasteiger partial charge in [0.15, 0.2) is 0 Å². The molecule has 4 rings (SSSR count). The van der Waals surface area contributed by atoms with Crippen LogP contribution < -0.4 is 5.32 Å². The Hall–Kier alpha value is -2.76. The number of nitrogens with one attached hydrogen (secondary N) is 1. The molecule has 0 radical (unpaired) electrons. The van der Waals surface area contributed by atoms with Gasteiger partial charge in [0.2, 0.25) is 11.8 Å². The molecule has 2 aliphatic heterocycles. The SMILES string of the molecule is Cc1cccc(-c2cnc(C)nc2[C@H]2CCCN(C(=O)[C@@H]3CCC(=O)N3)C2)c1. The van der Waals surface area contributed by atoms with Gasteiger partial charge in [0.25, 0.3) is 0 Å². The second-order valence-electron chi connectivity index (χ2n) is 7.87. The summed E-state index contributed by atoms with van der Waals surface area (Å²) >= 11 is 0. The molecule has 0 bridgehead atoms. The van der Waals surface area contributed by atoms with Gasteiger partial charge in [-0.2, -0.15) is 0 Å². The largest absolute Gasteiger partial charge is 0.344 e. The fourth-order valence-corrected chi connectivity index (χ4v) is 4.25. The smallest absolute Gasteiger partial charge is 0.245 e. The summed E-state index contributed by atoms with van der Waals surface area (Å²) in [5, 5.41) is 2.80. The monoisotopic (exact) mass is 378 g/mol. The lowest BCUT2D eigenvalue weighted by molar-refractivity contribution is -0.135. The Balaban J connectivity index is 1.61. The summed E-state index contributed by atoms with van der Waals surface area (Å²) < 4.78 is 0. The number of amides is 2. The molecule has 0 unspecified atom stereocenters. The second kappa shape index (κ2) is 7.70. The molecule has 2 amide bonds. The molecule has 2 fully saturated rings. The number of benzene rings is 1. The summed E-state index contributed by atoms with van der Waals surface area (Å²) in [6.07, 6.45) is 4.88. The van der Waals surface area contributed by atoms with Crippen LogP contribution in [0.15, 0.2) is 30.5 Å². The van der Waals surface area contributed by atoms with Crippen LogP contribution in [0.4, 0.5) is 0 Å². The van der Waals surface area contributed by atoms with Crippen LogP contribution >= 0.6 is 0 Å². The van der Waals surface area contributed by atoms with Gasteiger partial charge in [0.1, 0.15) is 11.9 Å². The minimum absolute atomic E-state index is 0.0277. The van der Waals surface area contributed by atoms with E-state index >= 15 is 0 Å². The van der Waals surface area contributed by atoms with Crippen molar-refractivity contribution in [1.82, 2.24) is 20.2 Å². The predicted octanol–water partition coefficient (Wildman–Crippen LogP) is 2.75. The highest BCUT2D eigenvalue weighted by molar-refractivity contribution is 5.90. The Labute approximate surface area is 165 Å². The number of hydrogen-bond donors (Lipinski definition) is 1. The summed E-state index contributed by atoms with van der Waals surface area (Å²) in [7, 11) is 0. The highest BCUT2D eigenvalue weighted by Gasteiger charge is 2.34. The minimum Gasteiger partial charge on any atom is -0.344 e. The molecule has 6 heteroatoms. The van der Waals surface area contributed by atoms with Gasteiger partial charge in [0, 0.05) is 37.2 Å². The molecule has 3 heterocycles. The van der Waals surface area contributed by atoms with Crippen molar-refractivity contribution in [3.8, 4) is 11.1 Å². The first kappa shape index (κ1) is 18.6. The Bertz CT molecular complexity index is 911. The van der Waals surface area contributed by atoms with Crippen LogP contribution in [-0.4, -0.2) is 45.8 Å². The third-order valence-electron chi connectivity index (χ3n) is 5.68. The molecule has 1 N–H and O–H groups in total. The zero-order valence-electron chi connectivity index (χ0n) is 16.4. The second-order valence-corrected chi connectivity index (χ2v) is 7.87. The number of likely N-dealkylation sites (tertiary alicyclic amines) is 1. The molecule has 2 atom stereocenters. The number of hydrogen-bond acceptors (Lipinski definition) is 4. The molecule has 0 spiro atoms. The molecule has 0 saturated carbocycles. The molecular formula is C22H26N4O2. The van der Waals surface area contributed by atoms with Crippen molar-refractivity contribution in [2.45, 2.75) is 51.5 Å². The highest BCUT2D eigenvalue weighted by atomic mass is 16.2. The van der Waals surface area contributed by atoms with Crippen molar-refractivity contribution >= 4 is 11.8 Å². The van der Waals surface area contributed by atoms with Crippen LogP contribution in [0.2, 0.25) is 0 Å². The fourth-order valence-electron chi connectivity index (χ4n) is 4.25. The van der Waals surface area contributed by atoms with Crippen LogP contribution in [0.1, 0.15) is 48.7 Å². The summed E-state index contributed by atoms with van der Waals surface area (Å²) in [6, 6.07) is 8.00. The number of piperidine rings is 1. The Morgan fingerprint density at radius 3 is 2.86 bits per heavy atom. The predicted molar refractivity (Wildman–Crippen MR) is 107 cm³/mol. The van der Waals surface area contributed by atoms with E-state index in [2.05, 4.69) is 35.4 Å². The third kappa shape index (κ3) is 3.77. The van der Waals surface area contributed by atoms with E-state index < -0.39 is 0 Å². The summed E-state index contributed by atoms with van der Waals surface area (Å²) in [5.74, 6) is 0.934. The van der Waals surface area contributed by atoms with E-state index in [0.29, 0.717) is 19.4 Å². The molecule has 2 saturated heterocycles. The molecule has 1 aromatic carbocycles. The maximum atomic E-state index is 12.9. The lowest BCUT2D eigenvalue weighted by Crippen LogP contribution is -2.48. The molecule has 2 aromatic rings. The van der Waals surface area contributed by atoms with Crippen LogP contribution in [0, 0.1) is 13.8 Å². The topological polar surface area (TPSA) is 75.2 Å². The first-order valence-corrected chi connectivity index (χ1v) is 10.00. The fraction of sp³-hybridized carbons (Fsp3) is 0.455. The first-order chi connectivity index (χ1) is 13.5. The van der Waals surface area contributed by atoms with Gasteiger partial charge < -0.3 is 10.2 Å². The lowest BCUT2D eigenvalue weighted by atomic mass is 9.89. The number of nitrogens with zero attached hydrogens (tertiary/aromatic N) is 3. The van der Waals surface area contributed by atoms with Crippen molar-refractivity contribution in [2.24, 2.45) is 0 Å². The molecule has 0 aliphatic carbocycles. The molecule has 2 aliphatic rings. The number of aromatic nitrogens is 2. The highest BCUT2D eigenvalue weighted by Crippen LogP contribution is 2.33. The van der Waals surface area contributed by atoms with Crippen LogP contribution in [-0.2, 0) is 9.59 Å². The first-order valence-electron chi connectivity index (χ1n) is 10.00. The maximum Gasteiger partial charge on any atom is 0.245 e. The summed E-state index contributed by atoms with van der Waals surface area (Å²) in [6.45, 7) is 5.37. The van der Waals surface area contributed by atoms with Gasteiger partial charge in [-0.05, 0) is 38.7 Å². The number of aryl methyl sites for hydroxylation is 2. The Morgan fingerprint density at radius 1 is 1.25 bits per heavy atom. The average molecular weight is 378 g/mol. The van der Waals surface area contributed by atoms with Gasteiger partial charge in [-0.15, -0.1) is 0 Å². The normalized spacial score (nSPS) is 22.2. The van der Waals surface area contributed by atoms with Crippen molar-refractivity contribution in [1.29, 1.82) is 0 Å². The van der Waals surface area contributed by atoms with E-state index in [4.69, 9.17) is 4.98 Å². The summed E-state index contributed by atoms with van der Waals surface area (Å²) in [5.41, 5.74) is 4.37. The van der Waals surface area contributed by atoms with E-state index in [-0.39, 0.29) is 23.8 Å². The van der Waals surface area contributed by atoms with Gasteiger partial charge in [-0.3, -0.25) is 9.59 Å². The summed E-state index contributed by atoms with van der Waals surface area (Å²) in [4.78, 5) is 35.5. The molecule has 28 heavy (non-hydrogen) atoms. The quantitative estimate of drug-likeness (QED) is 0.891. The van der Waals surface area contributed by atoms with Crippen molar-refractivity contribution in [3.05, 3.63) is 47.5 Å². The van der Waals surface area contributed by atoms with Crippen LogP contribution in [0.25, 0.3) is 11.1 Å². The Morgan fingerprint density at radius 2 is 2.11 bits per heavy atom. The number of carbonyl (C=O) groups is 2. The molecular weight excluding hydrogens is 352 g/mol. The number of carbonyl (C=O) groups excluding carboxylic acids is 2. The van der Waals surface area contributed by atoms with Gasteiger partial charge in [0.05, 0.1) is 5.69 Å². The average Bonchev–Trinajstić information content (AvgIpc) is 3.14. The van der Waals surface area contributed by atoms with E-state index in [0.717, 1.165) is 42.0 Å². The van der Waals surface area contributed by atoms with Crippen LogP contribution in [0.3, 0.4) is 0 Å². The molecule has 1 aromatic heterocycles. The van der Waals surface area contributed by atoms with E-state index in [1.54, 1.807) is 0 Å². The lowest BCUT2D eigenvalue weighted by Gasteiger charge is -2.34. The Kier molecular flexibility index (Phi) is 5.11. The van der Waals surface area contributed by atoms with E-state index in [9.17, 15) is 9.59 Å². The van der Waals surface area contributed by atoms with Crippen molar-refractivity contribution < 1.29 is 9.59 Å². The van der Waals surface area contributed by atoms with Gasteiger partial charge in [-0.1, -0.05) is 29.8 Å². The van der Waals surface area contributed by atoms with Crippen LogP contribution in [0.5, 0.6) is 0 Å². The molecule has 6 nitrogen and oxygen atoms in total. The van der Waals surface area contributed by atoms with E-state index in [1.807, 2.05) is 24.1 Å². The van der Waals surface area contributed by atoms with Crippen molar-refractivity contribution in [2.75, 3.05) is 13.1 Å². The molecule has 146 valence electrons. The standard InChI is InChI=1S/C22H26N4O2/c1-14-5-3-6-16(11-14)18-12-23-15(2)24-21(18)17-7-4-10-26(13-17)22(28)19-8-9-20(27)25-19/h3,5-6,11-12,17,19H,4,7-10,13H2,1-2H3,(H,25,27)/t17-,19-/m0/s1. The number of rotatable bonds is 3. The van der Waals surface area contributed by atoms with E-state index in [1.165, 1.54) is 5.56 Å². The zero-order chi connectivity index (χ0) is 19.7. The van der Waals surface area contributed by atoms with Gasteiger partial charge >= 0.3 is 0 Å². The third-order valence-corrected chi connectivity index (χ3v) is 5.68. The van der Waals surface area contributed by atoms with Gasteiger partial charge in [-0.25, -0.2) is 9.97 Å². The minimum atomic E-state index is -0.366. The zero-order valence-corrected chi connectivity index (χ0v) is 16.4. The van der Waals surface area contributed by atoms with Crippen molar-refractivity contribution in [3.63, 3.8) is 0 Å².